The lowest BCUT2D eigenvalue weighted by Crippen LogP contribution is -2.24. The first-order valence-electron chi connectivity index (χ1n) is 9.01. The number of rotatable bonds is 8. The van der Waals surface area contributed by atoms with Gasteiger partial charge in [0, 0.05) is 19.3 Å². The van der Waals surface area contributed by atoms with Gasteiger partial charge in [-0.3, -0.25) is 9.36 Å². The number of ether oxygens (including phenoxy) is 3. The van der Waals surface area contributed by atoms with Gasteiger partial charge in [-0.25, -0.2) is 0 Å². The number of hydrogen-bond donors (Lipinski definition) is 1. The van der Waals surface area contributed by atoms with E-state index < -0.39 is 0 Å². The minimum atomic E-state index is -0.0939. The van der Waals surface area contributed by atoms with Gasteiger partial charge in [-0.1, -0.05) is 36.0 Å². The van der Waals surface area contributed by atoms with Crippen molar-refractivity contribution in [3.63, 3.8) is 0 Å². The van der Waals surface area contributed by atoms with Crippen LogP contribution in [-0.4, -0.2) is 40.3 Å². The van der Waals surface area contributed by atoms with E-state index in [-0.39, 0.29) is 18.5 Å². The summed E-state index contributed by atoms with van der Waals surface area (Å²) in [5.41, 5.74) is 1.87. The highest BCUT2D eigenvalue weighted by Gasteiger charge is 2.16. The molecule has 0 spiro atoms. The number of thioether (sulfide) groups is 1. The molecule has 4 rings (SSSR count). The Labute approximate surface area is 172 Å². The maximum absolute atomic E-state index is 12.3. The highest BCUT2D eigenvalue weighted by atomic mass is 32.2. The van der Waals surface area contributed by atoms with Gasteiger partial charge in [0.25, 0.3) is 0 Å². The Bertz CT molecular complexity index is 993. The lowest BCUT2D eigenvalue weighted by atomic mass is 10.2. The van der Waals surface area contributed by atoms with Crippen LogP contribution in [0.2, 0.25) is 0 Å². The van der Waals surface area contributed by atoms with Crippen molar-refractivity contribution in [2.24, 2.45) is 0 Å². The van der Waals surface area contributed by atoms with Gasteiger partial charge in [0.1, 0.15) is 6.61 Å². The molecule has 0 bridgehead atoms. The van der Waals surface area contributed by atoms with Crippen LogP contribution in [0.25, 0.3) is 5.69 Å². The Kier molecular flexibility index (Phi) is 5.97. The molecule has 8 nitrogen and oxygen atoms in total. The van der Waals surface area contributed by atoms with E-state index in [1.165, 1.54) is 11.8 Å². The van der Waals surface area contributed by atoms with Crippen molar-refractivity contribution in [3.05, 3.63) is 59.9 Å². The number of hydrogen-bond acceptors (Lipinski definition) is 7. The van der Waals surface area contributed by atoms with Crippen LogP contribution in [0.15, 0.2) is 53.7 Å². The maximum atomic E-state index is 12.3. The fraction of sp³-hybridized carbons (Fsp3) is 0.250. The van der Waals surface area contributed by atoms with Gasteiger partial charge in [0.15, 0.2) is 22.5 Å². The topological polar surface area (TPSA) is 87.5 Å². The number of nitrogens with one attached hydrogen (secondary N) is 1. The molecule has 29 heavy (non-hydrogen) atoms. The minimum Gasteiger partial charge on any atom is -0.454 e. The van der Waals surface area contributed by atoms with Crippen molar-refractivity contribution in [1.82, 2.24) is 20.1 Å². The van der Waals surface area contributed by atoms with E-state index in [1.54, 1.807) is 7.11 Å². The third-order valence-corrected chi connectivity index (χ3v) is 5.18. The molecule has 0 saturated carbocycles. The largest absolute Gasteiger partial charge is 0.454 e. The number of amides is 1. The molecular weight excluding hydrogens is 392 g/mol. The second kappa shape index (κ2) is 8.97. The third-order valence-electron chi connectivity index (χ3n) is 4.25. The summed E-state index contributed by atoms with van der Waals surface area (Å²) in [6.07, 6.45) is 0. The summed E-state index contributed by atoms with van der Waals surface area (Å²) in [4.78, 5) is 12.3. The molecule has 0 saturated heterocycles. The lowest BCUT2D eigenvalue weighted by molar-refractivity contribution is -0.118. The number of benzene rings is 2. The summed E-state index contributed by atoms with van der Waals surface area (Å²) >= 11 is 1.33. The summed E-state index contributed by atoms with van der Waals surface area (Å²) in [6, 6.07) is 15.4. The number of nitrogens with zero attached hydrogens (tertiary/aromatic N) is 3. The van der Waals surface area contributed by atoms with Crippen LogP contribution in [0.5, 0.6) is 11.5 Å². The van der Waals surface area contributed by atoms with E-state index in [2.05, 4.69) is 15.5 Å². The molecule has 150 valence electrons. The van der Waals surface area contributed by atoms with Crippen LogP contribution in [0.1, 0.15) is 11.4 Å². The van der Waals surface area contributed by atoms with Crippen molar-refractivity contribution in [2.75, 3.05) is 19.7 Å². The quantitative estimate of drug-likeness (QED) is 0.569. The summed E-state index contributed by atoms with van der Waals surface area (Å²) in [5.74, 6) is 2.24. The first-order chi connectivity index (χ1) is 14.2. The van der Waals surface area contributed by atoms with Crippen LogP contribution in [0.4, 0.5) is 0 Å². The normalized spacial score (nSPS) is 12.2. The number of carbonyl (C=O) groups excluding carboxylic acids is 1. The molecule has 1 aliphatic heterocycles. The van der Waals surface area contributed by atoms with Crippen molar-refractivity contribution in [1.29, 1.82) is 0 Å². The third kappa shape index (κ3) is 4.52. The van der Waals surface area contributed by atoms with Gasteiger partial charge < -0.3 is 19.5 Å². The maximum Gasteiger partial charge on any atom is 0.231 e. The Morgan fingerprint density at radius 1 is 1.17 bits per heavy atom. The van der Waals surface area contributed by atoms with E-state index in [0.717, 1.165) is 17.0 Å². The summed E-state index contributed by atoms with van der Waals surface area (Å²) in [5, 5.41) is 12.0. The van der Waals surface area contributed by atoms with E-state index in [1.807, 2.05) is 53.1 Å². The zero-order chi connectivity index (χ0) is 20.1. The predicted octanol–water partition coefficient (Wildman–Crippen LogP) is 2.55. The molecule has 1 aliphatic rings. The molecule has 2 aromatic carbocycles. The monoisotopic (exact) mass is 412 g/mol. The Morgan fingerprint density at radius 3 is 2.83 bits per heavy atom. The minimum absolute atomic E-state index is 0.0939. The fourth-order valence-corrected chi connectivity index (χ4v) is 3.69. The molecule has 0 radical (unpaired) electrons. The number of aromatic nitrogens is 3. The van der Waals surface area contributed by atoms with E-state index in [9.17, 15) is 4.79 Å². The van der Waals surface area contributed by atoms with Crippen molar-refractivity contribution < 1.29 is 19.0 Å². The summed E-state index contributed by atoms with van der Waals surface area (Å²) in [7, 11) is 1.61. The number of fused-ring (bicyclic) bond motifs is 1. The zero-order valence-corrected chi connectivity index (χ0v) is 16.6. The molecule has 1 N–H and O–H groups in total. The molecular formula is C20H20N4O4S. The second-order valence-electron chi connectivity index (χ2n) is 6.26. The van der Waals surface area contributed by atoms with Crippen LogP contribution in [0, 0.1) is 0 Å². The zero-order valence-electron chi connectivity index (χ0n) is 15.8. The highest BCUT2D eigenvalue weighted by molar-refractivity contribution is 7.99. The van der Waals surface area contributed by atoms with Gasteiger partial charge in [-0.2, -0.15) is 0 Å². The van der Waals surface area contributed by atoms with Gasteiger partial charge in [-0.05, 0) is 29.8 Å². The fourth-order valence-electron chi connectivity index (χ4n) is 2.89. The standard InChI is InChI=1S/C20H20N4O4S/c1-26-11-18-22-23-20(24(18)15-5-3-2-4-6-15)29-12-19(25)21-10-14-7-8-16-17(9-14)28-13-27-16/h2-9H,10-13H2,1H3,(H,21,25). The van der Waals surface area contributed by atoms with E-state index >= 15 is 0 Å². The first-order valence-corrected chi connectivity index (χ1v) is 10.00. The Balaban J connectivity index is 1.38. The van der Waals surface area contributed by atoms with Gasteiger partial charge in [-0.15, -0.1) is 10.2 Å². The number of para-hydroxylation sites is 1. The Hall–Kier alpha value is -3.04. The molecule has 9 heteroatoms. The van der Waals surface area contributed by atoms with Crippen LogP contribution >= 0.6 is 11.8 Å². The molecule has 3 aromatic rings. The molecule has 0 atom stereocenters. The number of carbonyl (C=O) groups is 1. The molecule has 0 fully saturated rings. The SMILES string of the molecule is COCc1nnc(SCC(=O)NCc2ccc3c(c2)OCO3)n1-c1ccccc1. The summed E-state index contributed by atoms with van der Waals surface area (Å²) in [6.45, 7) is 0.976. The highest BCUT2D eigenvalue weighted by Crippen LogP contribution is 2.32. The lowest BCUT2D eigenvalue weighted by Gasteiger charge is -2.10. The van der Waals surface area contributed by atoms with Crippen molar-refractivity contribution in [2.45, 2.75) is 18.3 Å². The Morgan fingerprint density at radius 2 is 2.00 bits per heavy atom. The van der Waals surface area contributed by atoms with Gasteiger partial charge in [0.05, 0.1) is 5.75 Å². The van der Waals surface area contributed by atoms with Gasteiger partial charge >= 0.3 is 0 Å². The molecule has 1 aromatic heterocycles. The second-order valence-corrected chi connectivity index (χ2v) is 7.20. The molecule has 2 heterocycles. The van der Waals surface area contributed by atoms with Crippen molar-refractivity contribution >= 4 is 17.7 Å². The number of methoxy groups -OCH3 is 1. The smallest absolute Gasteiger partial charge is 0.231 e. The average molecular weight is 412 g/mol. The molecule has 1 amide bonds. The first kappa shape index (κ1) is 19.3. The van der Waals surface area contributed by atoms with Crippen molar-refractivity contribution in [3.8, 4) is 17.2 Å². The average Bonchev–Trinajstić information content (AvgIpc) is 3.38. The van der Waals surface area contributed by atoms with E-state index in [0.29, 0.717) is 29.9 Å². The van der Waals surface area contributed by atoms with Crippen LogP contribution in [-0.2, 0) is 22.7 Å². The van der Waals surface area contributed by atoms with Crippen LogP contribution in [0.3, 0.4) is 0 Å². The van der Waals surface area contributed by atoms with Gasteiger partial charge in [0.2, 0.25) is 12.7 Å². The summed E-state index contributed by atoms with van der Waals surface area (Å²) < 4.78 is 17.8. The van der Waals surface area contributed by atoms with E-state index in [4.69, 9.17) is 14.2 Å². The van der Waals surface area contributed by atoms with Crippen LogP contribution < -0.4 is 14.8 Å². The molecule has 0 unspecified atom stereocenters. The molecule has 0 aliphatic carbocycles. The predicted molar refractivity (Wildman–Crippen MR) is 107 cm³/mol.